The van der Waals surface area contributed by atoms with Gasteiger partial charge in [-0.3, -0.25) is 0 Å². The molecule has 0 spiro atoms. The zero-order valence-corrected chi connectivity index (χ0v) is 10.4. The van der Waals surface area contributed by atoms with Crippen molar-refractivity contribution in [3.8, 4) is 5.88 Å². The molecule has 6 nitrogen and oxygen atoms in total. The van der Waals surface area contributed by atoms with Crippen molar-refractivity contribution in [2.24, 2.45) is 0 Å². The molecule has 0 aliphatic carbocycles. The van der Waals surface area contributed by atoms with Crippen molar-refractivity contribution in [3.63, 3.8) is 0 Å². The van der Waals surface area contributed by atoms with Gasteiger partial charge in [-0.05, 0) is 19.4 Å². The fraction of sp³-hybridized carbons (Fsp3) is 0.600. The third-order valence-corrected chi connectivity index (χ3v) is 4.55. The first-order valence-electron chi connectivity index (χ1n) is 5.54. The Kier molecular flexibility index (Phi) is 3.58. The van der Waals surface area contributed by atoms with Gasteiger partial charge in [0.15, 0.2) is 0 Å². The number of aromatic nitrogens is 2. The number of hydrogen-bond acceptors (Lipinski definition) is 5. The SMILES string of the molecule is CCS(=O)(=O)N1CCC(Oc2cccnn2)C1. The molecular formula is C10H15N3O3S. The molecule has 2 rings (SSSR count). The molecule has 94 valence electrons. The minimum atomic E-state index is -3.11. The fourth-order valence-electron chi connectivity index (χ4n) is 1.75. The molecule has 0 bridgehead atoms. The lowest BCUT2D eigenvalue weighted by Crippen LogP contribution is -2.32. The lowest BCUT2D eigenvalue weighted by atomic mass is 10.3. The van der Waals surface area contributed by atoms with Crippen LogP contribution in [0.3, 0.4) is 0 Å². The van der Waals surface area contributed by atoms with Gasteiger partial charge in [-0.15, -0.1) is 5.10 Å². The van der Waals surface area contributed by atoms with Crippen molar-refractivity contribution >= 4 is 10.0 Å². The predicted octanol–water partition coefficient (Wildman–Crippen LogP) is 0.279. The molecule has 17 heavy (non-hydrogen) atoms. The van der Waals surface area contributed by atoms with Gasteiger partial charge in [0.05, 0.1) is 12.3 Å². The molecule has 0 saturated carbocycles. The summed E-state index contributed by atoms with van der Waals surface area (Å²) in [5.74, 6) is 0.568. The highest BCUT2D eigenvalue weighted by atomic mass is 32.2. The van der Waals surface area contributed by atoms with Gasteiger partial charge in [-0.25, -0.2) is 8.42 Å². The van der Waals surface area contributed by atoms with Crippen LogP contribution in [0.25, 0.3) is 0 Å². The zero-order chi connectivity index (χ0) is 12.3. The Morgan fingerprint density at radius 2 is 2.41 bits per heavy atom. The van der Waals surface area contributed by atoms with Gasteiger partial charge in [0.25, 0.3) is 0 Å². The standard InChI is InChI=1S/C10H15N3O3S/c1-2-17(14,15)13-7-5-9(8-13)16-10-4-3-6-11-12-10/h3-4,6,9H,2,5,7-8H2,1H3. The van der Waals surface area contributed by atoms with E-state index in [0.717, 1.165) is 0 Å². The molecular weight excluding hydrogens is 242 g/mol. The van der Waals surface area contributed by atoms with Crippen molar-refractivity contribution in [1.29, 1.82) is 0 Å². The Bertz CT molecular complexity index is 463. The van der Waals surface area contributed by atoms with E-state index in [1.165, 1.54) is 4.31 Å². The lowest BCUT2D eigenvalue weighted by Gasteiger charge is -2.15. The molecule has 2 heterocycles. The van der Waals surface area contributed by atoms with Gasteiger partial charge in [0.1, 0.15) is 6.10 Å². The number of hydrogen-bond donors (Lipinski definition) is 0. The van der Waals surface area contributed by atoms with Crippen molar-refractivity contribution in [2.75, 3.05) is 18.8 Å². The Morgan fingerprint density at radius 1 is 1.59 bits per heavy atom. The van der Waals surface area contributed by atoms with Crippen LogP contribution in [0.4, 0.5) is 0 Å². The second-order valence-corrected chi connectivity index (χ2v) is 6.11. The van der Waals surface area contributed by atoms with E-state index < -0.39 is 10.0 Å². The summed E-state index contributed by atoms with van der Waals surface area (Å²) in [6.07, 6.45) is 2.12. The largest absolute Gasteiger partial charge is 0.472 e. The second kappa shape index (κ2) is 4.97. The maximum absolute atomic E-state index is 11.6. The highest BCUT2D eigenvalue weighted by molar-refractivity contribution is 7.89. The molecule has 1 atom stereocenters. The molecule has 0 N–H and O–H groups in total. The normalized spacial score (nSPS) is 21.6. The third-order valence-electron chi connectivity index (χ3n) is 2.70. The zero-order valence-electron chi connectivity index (χ0n) is 9.61. The summed E-state index contributed by atoms with van der Waals surface area (Å²) in [7, 11) is -3.11. The van der Waals surface area contributed by atoms with Gasteiger partial charge in [0.2, 0.25) is 15.9 Å². The van der Waals surface area contributed by atoms with Crippen LogP contribution in [0.1, 0.15) is 13.3 Å². The second-order valence-electron chi connectivity index (χ2n) is 3.85. The number of nitrogens with zero attached hydrogens (tertiary/aromatic N) is 3. The first-order chi connectivity index (χ1) is 8.12. The molecule has 1 aromatic rings. The van der Waals surface area contributed by atoms with Crippen LogP contribution in [0.2, 0.25) is 0 Å². The molecule has 7 heteroatoms. The summed E-state index contributed by atoms with van der Waals surface area (Å²) < 4.78 is 30.3. The Hall–Kier alpha value is -1.21. The van der Waals surface area contributed by atoms with Crippen LogP contribution in [0.5, 0.6) is 5.88 Å². The monoisotopic (exact) mass is 257 g/mol. The van der Waals surface area contributed by atoms with Crippen LogP contribution < -0.4 is 4.74 Å². The highest BCUT2D eigenvalue weighted by Crippen LogP contribution is 2.18. The molecule has 1 fully saturated rings. The molecule has 1 aliphatic rings. The number of rotatable bonds is 4. The lowest BCUT2D eigenvalue weighted by molar-refractivity contribution is 0.204. The van der Waals surface area contributed by atoms with Crippen molar-refractivity contribution in [2.45, 2.75) is 19.4 Å². The van der Waals surface area contributed by atoms with E-state index in [-0.39, 0.29) is 11.9 Å². The maximum Gasteiger partial charge on any atom is 0.233 e. The minimum Gasteiger partial charge on any atom is -0.472 e. The highest BCUT2D eigenvalue weighted by Gasteiger charge is 2.31. The van der Waals surface area contributed by atoms with E-state index in [4.69, 9.17) is 4.74 Å². The number of ether oxygens (including phenoxy) is 1. The van der Waals surface area contributed by atoms with E-state index in [1.54, 1.807) is 25.3 Å². The van der Waals surface area contributed by atoms with Crippen LogP contribution in [0.15, 0.2) is 18.3 Å². The van der Waals surface area contributed by atoms with E-state index in [2.05, 4.69) is 10.2 Å². The number of sulfonamides is 1. The quantitative estimate of drug-likeness (QED) is 0.774. The fourth-order valence-corrected chi connectivity index (χ4v) is 2.89. The van der Waals surface area contributed by atoms with E-state index >= 15 is 0 Å². The minimum absolute atomic E-state index is 0.130. The molecule has 0 radical (unpaired) electrons. The van der Waals surface area contributed by atoms with E-state index in [9.17, 15) is 8.42 Å². The topological polar surface area (TPSA) is 72.4 Å². The van der Waals surface area contributed by atoms with E-state index in [1.807, 2.05) is 0 Å². The summed E-state index contributed by atoms with van der Waals surface area (Å²) in [5, 5.41) is 7.51. The molecule has 0 amide bonds. The average molecular weight is 257 g/mol. The third kappa shape index (κ3) is 2.92. The average Bonchev–Trinajstić information content (AvgIpc) is 2.80. The van der Waals surface area contributed by atoms with Gasteiger partial charge in [-0.2, -0.15) is 9.40 Å². The predicted molar refractivity (Wildman–Crippen MR) is 62.1 cm³/mol. The smallest absolute Gasteiger partial charge is 0.233 e. The van der Waals surface area contributed by atoms with Crippen LogP contribution >= 0.6 is 0 Å². The van der Waals surface area contributed by atoms with Gasteiger partial charge in [-0.1, -0.05) is 0 Å². The molecule has 1 aliphatic heterocycles. The molecule has 1 aromatic heterocycles. The van der Waals surface area contributed by atoms with Crippen molar-refractivity contribution in [1.82, 2.24) is 14.5 Å². The Morgan fingerprint density at radius 3 is 3.06 bits per heavy atom. The van der Waals surface area contributed by atoms with Gasteiger partial charge in [0, 0.05) is 18.8 Å². The summed E-state index contributed by atoms with van der Waals surface area (Å²) in [5.41, 5.74) is 0. The van der Waals surface area contributed by atoms with E-state index in [0.29, 0.717) is 25.4 Å². The molecule has 1 unspecified atom stereocenters. The Labute approximate surface area is 101 Å². The Balaban J connectivity index is 1.95. The van der Waals surface area contributed by atoms with Crippen LogP contribution in [0, 0.1) is 0 Å². The summed E-state index contributed by atoms with van der Waals surface area (Å²) in [6.45, 7) is 2.56. The maximum atomic E-state index is 11.6. The van der Waals surface area contributed by atoms with Crippen molar-refractivity contribution in [3.05, 3.63) is 18.3 Å². The first-order valence-corrected chi connectivity index (χ1v) is 7.15. The summed E-state index contributed by atoms with van der Waals surface area (Å²) in [4.78, 5) is 0. The van der Waals surface area contributed by atoms with Crippen LogP contribution in [-0.4, -0.2) is 47.9 Å². The van der Waals surface area contributed by atoms with Gasteiger partial charge < -0.3 is 4.74 Å². The van der Waals surface area contributed by atoms with Gasteiger partial charge >= 0.3 is 0 Å². The first kappa shape index (κ1) is 12.3. The summed E-state index contributed by atoms with van der Waals surface area (Å²) >= 11 is 0. The summed E-state index contributed by atoms with van der Waals surface area (Å²) in [6, 6.07) is 3.45. The van der Waals surface area contributed by atoms with Crippen LogP contribution in [-0.2, 0) is 10.0 Å². The van der Waals surface area contributed by atoms with Crippen molar-refractivity contribution < 1.29 is 13.2 Å². The molecule has 1 saturated heterocycles. The molecule has 0 aromatic carbocycles.